The third-order valence-corrected chi connectivity index (χ3v) is 2.22. The van der Waals surface area contributed by atoms with Gasteiger partial charge in [-0.2, -0.15) is 0 Å². The molecule has 0 fully saturated rings. The summed E-state index contributed by atoms with van der Waals surface area (Å²) in [4.78, 5) is 33.2. The molecule has 0 aliphatic rings. The van der Waals surface area contributed by atoms with E-state index in [1.165, 1.54) is 24.3 Å². The predicted octanol–water partition coefficient (Wildman–Crippen LogP) is 1.15. The van der Waals surface area contributed by atoms with Crippen molar-refractivity contribution in [3.8, 4) is 12.3 Å². The van der Waals surface area contributed by atoms with Gasteiger partial charge in [-0.3, -0.25) is 14.9 Å². The molecule has 1 aromatic carbocycles. The number of benzene rings is 1. The van der Waals surface area contributed by atoms with Gasteiger partial charge in [0.15, 0.2) is 0 Å². The topological polar surface area (TPSA) is 113 Å². The quantitative estimate of drug-likeness (QED) is 0.476. The van der Waals surface area contributed by atoms with E-state index in [-0.39, 0.29) is 12.2 Å². The monoisotopic (exact) mass is 277 g/mol. The summed E-state index contributed by atoms with van der Waals surface area (Å²) in [6.07, 6.45) is 5.05. The van der Waals surface area contributed by atoms with Crippen LogP contribution in [0.2, 0.25) is 0 Å². The molecule has 8 nitrogen and oxygen atoms in total. The minimum atomic E-state index is -1.20. The highest BCUT2D eigenvalue weighted by molar-refractivity contribution is 5.91. The van der Waals surface area contributed by atoms with E-state index in [4.69, 9.17) is 11.5 Å². The van der Waals surface area contributed by atoms with E-state index < -0.39 is 23.5 Å². The van der Waals surface area contributed by atoms with Gasteiger partial charge in [-0.15, -0.1) is 6.42 Å². The maximum atomic E-state index is 11.8. The Kier molecular flexibility index (Phi) is 5.05. The Labute approximate surface area is 114 Å². The number of rotatable bonds is 5. The van der Waals surface area contributed by atoms with Gasteiger partial charge in [0.2, 0.25) is 0 Å². The summed E-state index contributed by atoms with van der Waals surface area (Å²) in [6.45, 7) is -0.700. The molecule has 8 heteroatoms. The smallest absolute Gasteiger partial charge is 0.323 e. The molecule has 1 aromatic rings. The van der Waals surface area contributed by atoms with Crippen molar-refractivity contribution in [3.63, 3.8) is 0 Å². The molecule has 2 N–H and O–H groups in total. The van der Waals surface area contributed by atoms with Crippen molar-refractivity contribution >= 4 is 23.4 Å². The highest BCUT2D eigenvalue weighted by Gasteiger charge is 2.16. The Morgan fingerprint density at radius 1 is 1.40 bits per heavy atom. The van der Waals surface area contributed by atoms with Crippen molar-refractivity contribution in [3.05, 3.63) is 34.4 Å². The maximum absolute atomic E-state index is 11.8. The molecule has 0 radical (unpaired) electrons. The van der Waals surface area contributed by atoms with E-state index in [1.807, 2.05) is 0 Å². The van der Waals surface area contributed by atoms with Crippen LogP contribution < -0.4 is 5.32 Å². The molecular formula is C12H11N3O5. The summed E-state index contributed by atoms with van der Waals surface area (Å²) in [5.74, 6) is 0.981. The van der Waals surface area contributed by atoms with E-state index in [9.17, 15) is 19.7 Å². The number of carbonyl (C=O) groups is 2. The van der Waals surface area contributed by atoms with E-state index >= 15 is 0 Å². The molecular weight excluding hydrogens is 266 g/mol. The van der Waals surface area contributed by atoms with Crippen LogP contribution in [0.15, 0.2) is 24.3 Å². The number of aliphatic carboxylic acids is 1. The Morgan fingerprint density at radius 2 is 2.00 bits per heavy atom. The molecule has 0 saturated carbocycles. The highest BCUT2D eigenvalue weighted by atomic mass is 16.6. The largest absolute Gasteiger partial charge is 0.480 e. The summed E-state index contributed by atoms with van der Waals surface area (Å²) in [6, 6.07) is 4.42. The van der Waals surface area contributed by atoms with Crippen LogP contribution in [0.25, 0.3) is 0 Å². The molecule has 1 rings (SSSR count). The van der Waals surface area contributed by atoms with Crippen LogP contribution in [0.4, 0.5) is 16.2 Å². The molecule has 0 aromatic heterocycles. The van der Waals surface area contributed by atoms with Crippen LogP contribution >= 0.6 is 0 Å². The maximum Gasteiger partial charge on any atom is 0.323 e. The predicted molar refractivity (Wildman–Crippen MR) is 70.2 cm³/mol. The molecule has 0 saturated heterocycles. The molecule has 0 unspecified atom stereocenters. The van der Waals surface area contributed by atoms with Gasteiger partial charge >= 0.3 is 12.0 Å². The summed E-state index contributed by atoms with van der Waals surface area (Å²) in [5.41, 5.74) is 0.182. The fourth-order valence-electron chi connectivity index (χ4n) is 1.34. The zero-order chi connectivity index (χ0) is 15.1. The second-order valence-corrected chi connectivity index (χ2v) is 3.69. The average molecular weight is 277 g/mol. The van der Waals surface area contributed by atoms with E-state index in [1.54, 1.807) is 0 Å². The number of carboxylic acids is 1. The summed E-state index contributed by atoms with van der Waals surface area (Å²) < 4.78 is 0. The number of anilines is 1. The number of nitro benzene ring substituents is 1. The number of non-ortho nitro benzene ring substituents is 1. The number of nitrogens with zero attached hydrogens (tertiary/aromatic N) is 2. The Bertz CT molecular complexity index is 561. The molecule has 0 spiro atoms. The zero-order valence-electron chi connectivity index (χ0n) is 10.3. The number of hydrogen-bond acceptors (Lipinski definition) is 4. The number of urea groups is 1. The minimum absolute atomic E-state index is 0.117. The first-order valence-electron chi connectivity index (χ1n) is 5.39. The molecule has 2 amide bonds. The standard InChI is InChI=1S/C12H11N3O5/c1-2-7-14(8-11(16)17)12(18)13-9-3-5-10(6-4-9)15(19)20/h1,3-6H,7-8H2,(H,13,18)(H,16,17). The first-order valence-corrected chi connectivity index (χ1v) is 5.39. The summed E-state index contributed by atoms with van der Waals surface area (Å²) in [5, 5.41) is 21.5. The van der Waals surface area contributed by atoms with Gasteiger partial charge in [0, 0.05) is 17.8 Å². The second kappa shape index (κ2) is 6.75. The third-order valence-electron chi connectivity index (χ3n) is 2.22. The lowest BCUT2D eigenvalue weighted by atomic mass is 10.3. The molecule has 0 heterocycles. The first kappa shape index (κ1) is 15.0. The first-order chi connectivity index (χ1) is 9.43. The van der Waals surface area contributed by atoms with Crippen molar-refractivity contribution < 1.29 is 19.6 Å². The number of nitro groups is 1. The van der Waals surface area contributed by atoms with Crippen LogP contribution in [-0.4, -0.2) is 40.0 Å². The molecule has 0 aliphatic carbocycles. The van der Waals surface area contributed by atoms with Crippen molar-refractivity contribution in [1.82, 2.24) is 4.90 Å². The van der Waals surface area contributed by atoms with Crippen LogP contribution in [-0.2, 0) is 4.79 Å². The molecule has 0 atom stereocenters. The SMILES string of the molecule is C#CCN(CC(=O)O)C(=O)Nc1ccc([N+](=O)[O-])cc1. The highest BCUT2D eigenvalue weighted by Crippen LogP contribution is 2.15. The van der Waals surface area contributed by atoms with Gasteiger partial charge < -0.3 is 15.3 Å². The van der Waals surface area contributed by atoms with Crippen LogP contribution in [0.1, 0.15) is 0 Å². The van der Waals surface area contributed by atoms with Gasteiger partial charge in [0.05, 0.1) is 11.5 Å². The van der Waals surface area contributed by atoms with Crippen molar-refractivity contribution in [2.45, 2.75) is 0 Å². The average Bonchev–Trinajstić information content (AvgIpc) is 2.38. The summed E-state index contributed by atoms with van der Waals surface area (Å²) in [7, 11) is 0. The third kappa shape index (κ3) is 4.30. The van der Waals surface area contributed by atoms with Crippen LogP contribution in [0, 0.1) is 22.5 Å². The lowest BCUT2D eigenvalue weighted by molar-refractivity contribution is -0.384. The number of terminal acetylenes is 1. The van der Waals surface area contributed by atoms with E-state index in [0.717, 1.165) is 4.90 Å². The van der Waals surface area contributed by atoms with Gasteiger partial charge in [0.25, 0.3) is 5.69 Å². The number of amides is 2. The normalized spacial score (nSPS) is 9.35. The molecule has 0 aliphatic heterocycles. The number of carbonyl (C=O) groups excluding carboxylic acids is 1. The molecule has 104 valence electrons. The Balaban J connectivity index is 2.74. The second-order valence-electron chi connectivity index (χ2n) is 3.69. The summed E-state index contributed by atoms with van der Waals surface area (Å²) >= 11 is 0. The van der Waals surface area contributed by atoms with Crippen molar-refractivity contribution in [2.75, 3.05) is 18.4 Å². The van der Waals surface area contributed by atoms with Gasteiger partial charge in [-0.25, -0.2) is 4.79 Å². The number of carboxylic acid groups (broad SMARTS) is 1. The van der Waals surface area contributed by atoms with Crippen molar-refractivity contribution in [2.24, 2.45) is 0 Å². The zero-order valence-corrected chi connectivity index (χ0v) is 10.3. The molecule has 0 bridgehead atoms. The lowest BCUT2D eigenvalue weighted by Gasteiger charge is -2.18. The fraction of sp³-hybridized carbons (Fsp3) is 0.167. The van der Waals surface area contributed by atoms with Crippen LogP contribution in [0.5, 0.6) is 0 Å². The fourth-order valence-corrected chi connectivity index (χ4v) is 1.34. The van der Waals surface area contributed by atoms with Gasteiger partial charge in [-0.1, -0.05) is 5.92 Å². The van der Waals surface area contributed by atoms with Crippen molar-refractivity contribution in [1.29, 1.82) is 0 Å². The number of nitrogens with one attached hydrogen (secondary N) is 1. The van der Waals surface area contributed by atoms with E-state index in [2.05, 4.69) is 11.2 Å². The van der Waals surface area contributed by atoms with Crippen LogP contribution in [0.3, 0.4) is 0 Å². The minimum Gasteiger partial charge on any atom is -0.480 e. The van der Waals surface area contributed by atoms with Gasteiger partial charge in [-0.05, 0) is 12.1 Å². The van der Waals surface area contributed by atoms with Gasteiger partial charge in [0.1, 0.15) is 6.54 Å². The molecule has 20 heavy (non-hydrogen) atoms. The van der Waals surface area contributed by atoms with E-state index in [0.29, 0.717) is 5.69 Å². The number of hydrogen-bond donors (Lipinski definition) is 2. The Hall–Kier alpha value is -3.08. The Morgan fingerprint density at radius 3 is 2.45 bits per heavy atom. The lowest BCUT2D eigenvalue weighted by Crippen LogP contribution is -2.39.